The van der Waals surface area contributed by atoms with Crippen molar-refractivity contribution in [1.82, 2.24) is 19.4 Å². The summed E-state index contributed by atoms with van der Waals surface area (Å²) >= 11 is 0. The van der Waals surface area contributed by atoms with Crippen LogP contribution in [0.5, 0.6) is 0 Å². The Morgan fingerprint density at radius 1 is 1.17 bits per heavy atom. The average Bonchev–Trinajstić information content (AvgIpc) is 3.13. The molecule has 2 aromatic heterocycles. The molecule has 1 aliphatic heterocycles. The number of alkyl halides is 3. The highest BCUT2D eigenvalue weighted by Gasteiger charge is 2.30. The van der Waals surface area contributed by atoms with Crippen LogP contribution in [0, 0.1) is 0 Å². The van der Waals surface area contributed by atoms with Crippen LogP contribution >= 0.6 is 0 Å². The number of aromatic nitrogens is 3. The molecule has 3 aromatic rings. The van der Waals surface area contributed by atoms with Gasteiger partial charge in [0.15, 0.2) is 5.82 Å². The number of carbonyl (C=O) groups is 1. The number of nitrogens with zero attached hydrogens (tertiary/aromatic N) is 4. The largest absolute Gasteiger partial charge is 0.480 e. The minimum Gasteiger partial charge on any atom is -0.480 e. The molecule has 6 nitrogen and oxygen atoms in total. The van der Waals surface area contributed by atoms with Crippen LogP contribution in [0.1, 0.15) is 22.5 Å². The molecule has 0 atom stereocenters. The van der Waals surface area contributed by atoms with Crippen molar-refractivity contribution in [1.29, 1.82) is 0 Å². The maximum absolute atomic E-state index is 12.7. The van der Waals surface area contributed by atoms with Crippen molar-refractivity contribution in [3.8, 4) is 11.4 Å². The molecule has 1 aliphatic rings. The summed E-state index contributed by atoms with van der Waals surface area (Å²) in [4.78, 5) is 22.1. The first-order valence-corrected chi connectivity index (χ1v) is 9.40. The molecule has 0 amide bonds. The van der Waals surface area contributed by atoms with Gasteiger partial charge in [0.1, 0.15) is 6.54 Å². The van der Waals surface area contributed by atoms with E-state index in [2.05, 4.69) is 14.9 Å². The summed E-state index contributed by atoms with van der Waals surface area (Å²) < 4.78 is 39.9. The van der Waals surface area contributed by atoms with Crippen molar-refractivity contribution >= 4 is 5.97 Å². The molecule has 4 rings (SSSR count). The van der Waals surface area contributed by atoms with Crippen LogP contribution in [-0.2, 0) is 37.0 Å². The van der Waals surface area contributed by atoms with Crippen molar-refractivity contribution in [3.05, 3.63) is 71.3 Å². The summed E-state index contributed by atoms with van der Waals surface area (Å²) in [6, 6.07) is 8.57. The van der Waals surface area contributed by atoms with Crippen molar-refractivity contribution in [2.75, 3.05) is 6.54 Å². The lowest BCUT2D eigenvalue weighted by Crippen LogP contribution is -2.32. The van der Waals surface area contributed by atoms with Crippen LogP contribution < -0.4 is 0 Å². The molecule has 0 saturated heterocycles. The quantitative estimate of drug-likeness (QED) is 0.688. The fourth-order valence-corrected chi connectivity index (χ4v) is 3.58. The van der Waals surface area contributed by atoms with Gasteiger partial charge in [0, 0.05) is 55.3 Å². The van der Waals surface area contributed by atoms with Gasteiger partial charge in [0.25, 0.3) is 0 Å². The van der Waals surface area contributed by atoms with Crippen LogP contribution in [-0.4, -0.2) is 37.1 Å². The third kappa shape index (κ3) is 4.35. The van der Waals surface area contributed by atoms with Gasteiger partial charge < -0.3 is 9.67 Å². The highest BCUT2D eigenvalue weighted by molar-refractivity contribution is 5.66. The van der Waals surface area contributed by atoms with Gasteiger partial charge in [-0.15, -0.1) is 0 Å². The Labute approximate surface area is 170 Å². The van der Waals surface area contributed by atoms with Gasteiger partial charge in [0.2, 0.25) is 0 Å². The van der Waals surface area contributed by atoms with Crippen molar-refractivity contribution in [2.24, 2.45) is 0 Å². The molecule has 0 fully saturated rings. The number of carboxylic acid groups (broad SMARTS) is 1. The van der Waals surface area contributed by atoms with Gasteiger partial charge in [-0.2, -0.15) is 13.2 Å². The molecule has 1 N–H and O–H groups in total. The first-order chi connectivity index (χ1) is 14.3. The van der Waals surface area contributed by atoms with E-state index in [4.69, 9.17) is 5.11 Å². The van der Waals surface area contributed by atoms with Gasteiger partial charge >= 0.3 is 12.1 Å². The van der Waals surface area contributed by atoms with E-state index in [1.807, 2.05) is 12.1 Å². The van der Waals surface area contributed by atoms with Gasteiger partial charge in [-0.1, -0.05) is 12.1 Å². The zero-order chi connectivity index (χ0) is 21.3. The van der Waals surface area contributed by atoms with E-state index >= 15 is 0 Å². The molecule has 30 heavy (non-hydrogen) atoms. The summed E-state index contributed by atoms with van der Waals surface area (Å²) in [5, 5.41) is 9.01. The van der Waals surface area contributed by atoms with Gasteiger partial charge in [-0.3, -0.25) is 9.69 Å². The van der Waals surface area contributed by atoms with Gasteiger partial charge in [0.05, 0.1) is 11.3 Å². The first-order valence-electron chi connectivity index (χ1n) is 9.40. The zero-order valence-corrected chi connectivity index (χ0v) is 15.9. The standard InChI is InChI=1S/C21H19F3N4O2/c22-21(23,24)16-5-3-14(4-6-16)20-25-10-15-11-27(9-7-18(15)26-20)12-17-2-1-8-28(17)13-19(29)30/h1-6,8,10H,7,9,11-13H2,(H,29,30). The molecule has 0 spiro atoms. The van der Waals surface area contributed by atoms with Crippen molar-refractivity contribution < 1.29 is 23.1 Å². The molecule has 156 valence electrons. The van der Waals surface area contributed by atoms with Crippen LogP contribution in [0.15, 0.2) is 48.8 Å². The fraction of sp³-hybridized carbons (Fsp3) is 0.286. The van der Waals surface area contributed by atoms with Gasteiger partial charge in [-0.25, -0.2) is 9.97 Å². The van der Waals surface area contributed by atoms with Crippen LogP contribution in [0.25, 0.3) is 11.4 Å². The minimum atomic E-state index is -4.37. The Morgan fingerprint density at radius 3 is 2.63 bits per heavy atom. The number of aliphatic carboxylic acids is 1. The molecule has 3 heterocycles. The minimum absolute atomic E-state index is 0.0770. The predicted octanol–water partition coefficient (Wildman–Crippen LogP) is 3.61. The Kier molecular flexibility index (Phi) is 5.29. The number of rotatable bonds is 5. The SMILES string of the molecule is O=C(O)Cn1cccc1CN1CCc2nc(-c3ccc(C(F)(F)F)cc3)ncc2C1. The highest BCUT2D eigenvalue weighted by atomic mass is 19.4. The van der Waals surface area contributed by atoms with Crippen LogP contribution in [0.3, 0.4) is 0 Å². The summed E-state index contributed by atoms with van der Waals surface area (Å²) in [5.74, 6) is -0.480. The monoisotopic (exact) mass is 416 g/mol. The average molecular weight is 416 g/mol. The van der Waals surface area contributed by atoms with E-state index in [1.165, 1.54) is 12.1 Å². The Bertz CT molecular complexity index is 1060. The van der Waals surface area contributed by atoms with E-state index in [0.717, 1.165) is 35.6 Å². The maximum atomic E-state index is 12.7. The fourth-order valence-electron chi connectivity index (χ4n) is 3.58. The maximum Gasteiger partial charge on any atom is 0.416 e. The summed E-state index contributed by atoms with van der Waals surface area (Å²) in [6.45, 7) is 1.91. The first kappa shape index (κ1) is 20.1. The van der Waals surface area contributed by atoms with E-state index in [-0.39, 0.29) is 6.54 Å². The smallest absolute Gasteiger partial charge is 0.416 e. The summed E-state index contributed by atoms with van der Waals surface area (Å²) in [5.41, 5.74) is 2.61. The lowest BCUT2D eigenvalue weighted by molar-refractivity contribution is -0.138. The molecular formula is C21H19F3N4O2. The highest BCUT2D eigenvalue weighted by Crippen LogP contribution is 2.30. The summed E-state index contributed by atoms with van der Waals surface area (Å²) in [7, 11) is 0. The lowest BCUT2D eigenvalue weighted by Gasteiger charge is -2.28. The third-order valence-electron chi connectivity index (χ3n) is 5.10. The van der Waals surface area contributed by atoms with Crippen LogP contribution in [0.2, 0.25) is 0 Å². The third-order valence-corrected chi connectivity index (χ3v) is 5.10. The van der Waals surface area contributed by atoms with E-state index in [1.54, 1.807) is 17.0 Å². The second-order valence-corrected chi connectivity index (χ2v) is 7.22. The van der Waals surface area contributed by atoms with E-state index in [0.29, 0.717) is 30.9 Å². The number of hydrogen-bond donors (Lipinski definition) is 1. The zero-order valence-electron chi connectivity index (χ0n) is 15.9. The number of benzene rings is 1. The van der Waals surface area contributed by atoms with Crippen molar-refractivity contribution in [3.63, 3.8) is 0 Å². The number of hydrogen-bond acceptors (Lipinski definition) is 4. The molecule has 1 aromatic carbocycles. The Hall–Kier alpha value is -3.20. The normalized spacial score (nSPS) is 14.5. The lowest BCUT2D eigenvalue weighted by atomic mass is 10.1. The predicted molar refractivity (Wildman–Crippen MR) is 102 cm³/mol. The molecule has 0 bridgehead atoms. The second kappa shape index (κ2) is 7.91. The topological polar surface area (TPSA) is 71.2 Å². The second-order valence-electron chi connectivity index (χ2n) is 7.22. The molecule has 9 heteroatoms. The number of carboxylic acids is 1. The Morgan fingerprint density at radius 2 is 1.93 bits per heavy atom. The molecular weight excluding hydrogens is 397 g/mol. The molecule has 0 unspecified atom stereocenters. The molecule has 0 saturated carbocycles. The van der Waals surface area contributed by atoms with E-state index in [9.17, 15) is 18.0 Å². The van der Waals surface area contributed by atoms with Crippen molar-refractivity contribution in [2.45, 2.75) is 32.2 Å². The van der Waals surface area contributed by atoms with Gasteiger partial charge in [-0.05, 0) is 24.3 Å². The Balaban J connectivity index is 1.47. The summed E-state index contributed by atoms with van der Waals surface area (Å²) in [6.07, 6.45) is -0.216. The number of halogens is 3. The van der Waals surface area contributed by atoms with Crippen LogP contribution in [0.4, 0.5) is 13.2 Å². The molecule has 0 aliphatic carbocycles. The van der Waals surface area contributed by atoms with E-state index < -0.39 is 17.7 Å². The number of fused-ring (bicyclic) bond motifs is 1. The molecule has 0 radical (unpaired) electrons.